The Morgan fingerprint density at radius 3 is 1.00 bits per heavy atom. The van der Waals surface area contributed by atoms with Crippen LogP contribution in [0.15, 0.2) is 0 Å². The Balaban J connectivity index is 0.00000192. The van der Waals surface area contributed by atoms with Crippen LogP contribution in [0.5, 0.6) is 0 Å². The topological polar surface area (TPSA) is 86.0 Å². The van der Waals surface area contributed by atoms with Gasteiger partial charge in [0.1, 0.15) is 0 Å². The van der Waals surface area contributed by atoms with Crippen molar-refractivity contribution in [1.29, 1.82) is 0 Å². The van der Waals surface area contributed by atoms with Crippen LogP contribution >= 0.6 is 0 Å². The molecule has 3 aromatic rings. The summed E-state index contributed by atoms with van der Waals surface area (Å²) in [6.07, 6.45) is 0. The van der Waals surface area contributed by atoms with Crippen molar-refractivity contribution in [3.05, 3.63) is 34.2 Å². The number of aromatic nitrogens is 6. The zero-order valence-corrected chi connectivity index (χ0v) is 18.0. The second-order valence-corrected chi connectivity index (χ2v) is 5.98. The van der Waals surface area contributed by atoms with Crippen molar-refractivity contribution in [1.82, 2.24) is 30.6 Å². The van der Waals surface area contributed by atoms with E-state index in [9.17, 15) is 0 Å². The molecular weight excluding hydrogens is 314 g/mol. The first-order valence-electron chi connectivity index (χ1n) is 7.46. The maximum Gasteiger partial charge on any atom is 1.00 e. The molecule has 1 radical (unpaired) electrons. The van der Waals surface area contributed by atoms with E-state index >= 15 is 0 Å². The van der Waals surface area contributed by atoms with Crippen LogP contribution < -0.4 is 67.8 Å². The molecule has 3 rings (SSSR count). The molecule has 0 spiro atoms. The van der Waals surface area contributed by atoms with E-state index in [2.05, 4.69) is 51.4 Å². The van der Waals surface area contributed by atoms with E-state index in [0.29, 0.717) is 0 Å². The summed E-state index contributed by atoms with van der Waals surface area (Å²) in [4.78, 5) is 0. The Morgan fingerprint density at radius 1 is 0.565 bits per heavy atom. The van der Waals surface area contributed by atoms with E-state index in [4.69, 9.17) is 0 Å². The van der Waals surface area contributed by atoms with Crippen LogP contribution in [0.4, 0.5) is 0 Å². The van der Waals surface area contributed by atoms with E-state index in [1.807, 2.05) is 20.8 Å². The van der Waals surface area contributed by atoms with Crippen LogP contribution in [0, 0.1) is 41.5 Å². The van der Waals surface area contributed by atoms with E-state index < -0.39 is 0 Å². The summed E-state index contributed by atoms with van der Waals surface area (Å²) >= 11 is 0. The summed E-state index contributed by atoms with van der Waals surface area (Å²) < 4.78 is 0. The van der Waals surface area contributed by atoms with Crippen LogP contribution in [0.25, 0.3) is 0 Å². The first-order chi connectivity index (χ1) is 10.4. The fraction of sp³-hybridized carbons (Fsp3) is 0.400. The van der Waals surface area contributed by atoms with Gasteiger partial charge in [-0.05, 0) is 65.3 Å². The number of aryl methyl sites for hydroxylation is 6. The summed E-state index contributed by atoms with van der Waals surface area (Å²) in [5.41, 5.74) is 9.93. The van der Waals surface area contributed by atoms with Gasteiger partial charge >= 0.3 is 51.4 Å². The summed E-state index contributed by atoms with van der Waals surface area (Å²) in [6, 6.07) is 0. The van der Waals surface area contributed by atoms with Gasteiger partial charge in [-0.25, -0.2) is 0 Å². The summed E-state index contributed by atoms with van der Waals surface area (Å²) in [5, 5.41) is 22.5. The zero-order valence-electron chi connectivity index (χ0n) is 14.9. The minimum atomic E-state index is 0. The standard InChI is InChI=1S/C15H21BN6.K/c1-7-13(8(2)18-17-7)16(14-9(3)19-20-10(14)4)15-11(5)21-22-12(15)6;/h1-6H3,(H,17,18)(H,19,20)(H,21,22);/q-1;+1. The Morgan fingerprint density at radius 2 is 0.826 bits per heavy atom. The van der Waals surface area contributed by atoms with Crippen molar-refractivity contribution in [2.75, 3.05) is 0 Å². The molecule has 0 bridgehead atoms. The number of hydrogen-bond donors (Lipinski definition) is 3. The van der Waals surface area contributed by atoms with Crippen molar-refractivity contribution in [2.45, 2.75) is 41.5 Å². The third-order valence-electron chi connectivity index (χ3n) is 4.42. The van der Waals surface area contributed by atoms with Gasteiger partial charge in [0, 0.05) is 17.1 Å². The fourth-order valence-electron chi connectivity index (χ4n) is 3.39. The third-order valence-corrected chi connectivity index (χ3v) is 4.42. The Hall–Kier alpha value is -0.669. The number of H-pyrrole nitrogens is 3. The van der Waals surface area contributed by atoms with Gasteiger partial charge in [-0.2, -0.15) is 31.7 Å². The molecule has 0 amide bonds. The molecule has 8 heteroatoms. The van der Waals surface area contributed by atoms with Crippen molar-refractivity contribution in [3.63, 3.8) is 0 Å². The Kier molecular flexibility index (Phi) is 5.73. The van der Waals surface area contributed by atoms with Crippen LogP contribution in [0.2, 0.25) is 0 Å². The first kappa shape index (κ1) is 18.7. The fourth-order valence-corrected chi connectivity index (χ4v) is 3.39. The van der Waals surface area contributed by atoms with Crippen molar-refractivity contribution in [2.24, 2.45) is 0 Å². The van der Waals surface area contributed by atoms with Crippen molar-refractivity contribution in [3.8, 4) is 0 Å². The Bertz CT molecular complexity index is 663. The van der Waals surface area contributed by atoms with E-state index in [1.165, 1.54) is 16.4 Å². The van der Waals surface area contributed by atoms with Crippen LogP contribution in [-0.2, 0) is 0 Å². The molecular formula is C15H21BKN6. The molecule has 3 heterocycles. The largest absolute Gasteiger partial charge is 1.00 e. The molecule has 0 aliphatic rings. The number of nitrogens with zero attached hydrogens (tertiary/aromatic N) is 3. The smallest absolute Gasteiger partial charge is 0.286 e. The molecule has 0 aliphatic carbocycles. The average Bonchev–Trinajstić information content (AvgIpc) is 3.08. The number of aromatic amines is 3. The SMILES string of the molecule is Cc1n[nH]c(C)c1[B-](c1c(C)n[nH]c1C)c1c(C)n[nH]c1C.[K+]. The molecule has 0 atom stereocenters. The van der Waals surface area contributed by atoms with Gasteiger partial charge in [0.2, 0.25) is 0 Å². The van der Waals surface area contributed by atoms with Gasteiger partial charge in [0.25, 0.3) is 0 Å². The monoisotopic (exact) mass is 335 g/mol. The maximum atomic E-state index is 4.39. The molecule has 3 N–H and O–H groups in total. The van der Waals surface area contributed by atoms with E-state index in [1.54, 1.807) is 0 Å². The molecule has 0 aromatic carbocycles. The van der Waals surface area contributed by atoms with Crippen molar-refractivity contribution < 1.29 is 51.4 Å². The maximum absolute atomic E-state index is 4.39. The predicted molar refractivity (Wildman–Crippen MR) is 88.8 cm³/mol. The van der Waals surface area contributed by atoms with Crippen LogP contribution in [0.3, 0.4) is 0 Å². The summed E-state index contributed by atoms with van der Waals surface area (Å²) in [7, 11) is 0. The van der Waals surface area contributed by atoms with Gasteiger partial charge < -0.3 is 0 Å². The minimum Gasteiger partial charge on any atom is -0.286 e. The molecule has 23 heavy (non-hydrogen) atoms. The van der Waals surface area contributed by atoms with Gasteiger partial charge in [0.15, 0.2) is 0 Å². The first-order valence-corrected chi connectivity index (χ1v) is 7.46. The number of nitrogens with one attached hydrogen (secondary N) is 3. The van der Waals surface area contributed by atoms with Crippen LogP contribution in [0.1, 0.15) is 34.2 Å². The second kappa shape index (κ2) is 7.06. The quantitative estimate of drug-likeness (QED) is 0.453. The van der Waals surface area contributed by atoms with Gasteiger partial charge in [-0.3, -0.25) is 15.3 Å². The average molecular weight is 335 g/mol. The van der Waals surface area contributed by atoms with Crippen LogP contribution in [-0.4, -0.2) is 37.3 Å². The van der Waals surface area contributed by atoms with Crippen molar-refractivity contribution >= 4 is 23.1 Å². The third kappa shape index (κ3) is 3.15. The van der Waals surface area contributed by atoms with E-state index in [0.717, 1.165) is 34.2 Å². The normalized spacial score (nSPS) is 11.1. The predicted octanol–water partition coefficient (Wildman–Crippen LogP) is -2.77. The number of hydrogen-bond acceptors (Lipinski definition) is 3. The van der Waals surface area contributed by atoms with Gasteiger partial charge in [0.05, 0.1) is 0 Å². The molecule has 0 aliphatic heterocycles. The Labute approximate surface area is 179 Å². The zero-order chi connectivity index (χ0) is 16.0. The summed E-state index contributed by atoms with van der Waals surface area (Å²) in [6.45, 7) is 12.4. The molecule has 0 saturated carbocycles. The molecule has 0 fully saturated rings. The summed E-state index contributed by atoms with van der Waals surface area (Å²) in [5.74, 6) is 0. The number of rotatable bonds is 3. The van der Waals surface area contributed by atoms with E-state index in [-0.39, 0.29) is 58.1 Å². The molecule has 6 nitrogen and oxygen atoms in total. The second-order valence-electron chi connectivity index (χ2n) is 5.98. The van der Waals surface area contributed by atoms with Gasteiger partial charge in [-0.1, -0.05) is 0 Å². The molecule has 0 unspecified atom stereocenters. The molecule has 0 saturated heterocycles. The van der Waals surface area contributed by atoms with Gasteiger partial charge in [-0.15, -0.1) is 0 Å². The minimum absolute atomic E-state index is 0. The molecule has 3 aromatic heterocycles. The molecule has 115 valence electrons.